The van der Waals surface area contributed by atoms with Crippen molar-refractivity contribution < 1.29 is 14.3 Å². The molecule has 0 N–H and O–H groups in total. The molecule has 2 aliphatic rings. The lowest BCUT2D eigenvalue weighted by Gasteiger charge is -2.32. The predicted octanol–water partition coefficient (Wildman–Crippen LogP) is 5.27. The molecule has 1 fully saturated rings. The fraction of sp³-hybridized carbons (Fsp3) is 0.444. The molecule has 3 heterocycles. The van der Waals surface area contributed by atoms with E-state index in [0.29, 0.717) is 35.2 Å². The lowest BCUT2D eigenvalue weighted by Crippen LogP contribution is -2.39. The number of piperidine rings is 1. The van der Waals surface area contributed by atoms with Crippen LogP contribution in [0, 0.1) is 0 Å². The van der Waals surface area contributed by atoms with Crippen LogP contribution in [0.4, 0.5) is 0 Å². The number of amides is 1. The van der Waals surface area contributed by atoms with E-state index in [2.05, 4.69) is 14.8 Å². The van der Waals surface area contributed by atoms with Crippen molar-refractivity contribution in [2.45, 2.75) is 57.6 Å². The molecule has 5 rings (SSSR count). The maximum Gasteiger partial charge on any atom is 0.254 e. The number of carbonyl (C=O) groups is 1. The van der Waals surface area contributed by atoms with Crippen molar-refractivity contribution in [3.05, 3.63) is 70.3 Å². The largest absolute Gasteiger partial charge is 0.493 e. The van der Waals surface area contributed by atoms with E-state index in [9.17, 15) is 4.79 Å². The summed E-state index contributed by atoms with van der Waals surface area (Å²) in [5.74, 6) is 3.46. The minimum atomic E-state index is 0.00117. The van der Waals surface area contributed by atoms with Gasteiger partial charge in [0, 0.05) is 48.1 Å². The third-order valence-electron chi connectivity index (χ3n) is 6.96. The standard InChI is InChI=1S/C27H31ClN4O3/c1-34-24-16-19(12-13-23(24)35-18-21-8-4-5-10-22(21)28)27(33)31-14-7-9-20(17-31)26-30-29-25-11-3-2-6-15-32(25)26/h4-5,8,10,12-13,16,20H,2-3,6-7,9,11,14-15,17-18H2,1H3. The summed E-state index contributed by atoms with van der Waals surface area (Å²) in [6.45, 7) is 2.70. The zero-order valence-corrected chi connectivity index (χ0v) is 20.8. The Morgan fingerprint density at radius 3 is 2.80 bits per heavy atom. The number of aromatic nitrogens is 3. The molecule has 3 aromatic rings. The maximum atomic E-state index is 13.4. The summed E-state index contributed by atoms with van der Waals surface area (Å²) in [7, 11) is 1.58. The minimum absolute atomic E-state index is 0.00117. The van der Waals surface area contributed by atoms with Crippen LogP contribution in [0.25, 0.3) is 0 Å². The van der Waals surface area contributed by atoms with Crippen LogP contribution in [-0.4, -0.2) is 45.8 Å². The van der Waals surface area contributed by atoms with Crippen molar-refractivity contribution in [1.82, 2.24) is 19.7 Å². The average Bonchev–Trinajstić information content (AvgIpc) is 3.15. The molecule has 0 saturated carbocycles. The number of aryl methyl sites for hydroxylation is 1. The van der Waals surface area contributed by atoms with E-state index in [0.717, 1.165) is 56.0 Å². The maximum absolute atomic E-state index is 13.4. The van der Waals surface area contributed by atoms with Crippen LogP contribution in [0.1, 0.15) is 65.6 Å². The Morgan fingerprint density at radius 1 is 1.06 bits per heavy atom. The molecule has 184 valence electrons. The highest BCUT2D eigenvalue weighted by atomic mass is 35.5. The molecule has 2 aromatic carbocycles. The van der Waals surface area contributed by atoms with E-state index in [4.69, 9.17) is 21.1 Å². The van der Waals surface area contributed by atoms with Crippen LogP contribution >= 0.6 is 11.6 Å². The number of rotatable bonds is 6. The Kier molecular flexibility index (Phi) is 7.23. The van der Waals surface area contributed by atoms with Gasteiger partial charge in [0.05, 0.1) is 7.11 Å². The Hall–Kier alpha value is -3.06. The molecule has 1 atom stereocenters. The third kappa shape index (κ3) is 5.15. The molecule has 1 unspecified atom stereocenters. The normalized spacial score (nSPS) is 18.0. The summed E-state index contributed by atoms with van der Waals surface area (Å²) in [6, 6.07) is 12.9. The van der Waals surface area contributed by atoms with Crippen LogP contribution in [0.15, 0.2) is 42.5 Å². The molecule has 2 aliphatic heterocycles. The van der Waals surface area contributed by atoms with Crippen LogP contribution in [-0.2, 0) is 19.6 Å². The van der Waals surface area contributed by atoms with E-state index in [1.807, 2.05) is 29.2 Å². The first-order valence-electron chi connectivity index (χ1n) is 12.4. The number of nitrogens with zero attached hydrogens (tertiary/aromatic N) is 4. The van der Waals surface area contributed by atoms with Gasteiger partial charge in [0.25, 0.3) is 5.91 Å². The highest BCUT2D eigenvalue weighted by Crippen LogP contribution is 2.32. The summed E-state index contributed by atoms with van der Waals surface area (Å²) in [5, 5.41) is 9.67. The molecule has 0 bridgehead atoms. The number of hydrogen-bond donors (Lipinski definition) is 0. The van der Waals surface area contributed by atoms with E-state index in [1.165, 1.54) is 12.8 Å². The number of fused-ring (bicyclic) bond motifs is 1. The number of methoxy groups -OCH3 is 1. The van der Waals surface area contributed by atoms with Crippen molar-refractivity contribution >= 4 is 17.5 Å². The van der Waals surface area contributed by atoms with Gasteiger partial charge >= 0.3 is 0 Å². The quantitative estimate of drug-likeness (QED) is 0.467. The fourth-order valence-corrected chi connectivity index (χ4v) is 5.25. The molecule has 0 spiro atoms. The van der Waals surface area contributed by atoms with Crippen molar-refractivity contribution in [3.8, 4) is 11.5 Å². The van der Waals surface area contributed by atoms with Crippen molar-refractivity contribution in [2.75, 3.05) is 20.2 Å². The van der Waals surface area contributed by atoms with Crippen LogP contribution in [0.3, 0.4) is 0 Å². The van der Waals surface area contributed by atoms with E-state index >= 15 is 0 Å². The monoisotopic (exact) mass is 494 g/mol. The van der Waals surface area contributed by atoms with Gasteiger partial charge in [0.2, 0.25) is 0 Å². The van der Waals surface area contributed by atoms with Gasteiger partial charge in [-0.05, 0) is 49.9 Å². The Morgan fingerprint density at radius 2 is 1.94 bits per heavy atom. The van der Waals surface area contributed by atoms with Crippen molar-refractivity contribution in [3.63, 3.8) is 0 Å². The fourth-order valence-electron chi connectivity index (χ4n) is 5.06. The summed E-state index contributed by atoms with van der Waals surface area (Å²) in [5.41, 5.74) is 1.48. The van der Waals surface area contributed by atoms with E-state index < -0.39 is 0 Å². The number of benzene rings is 2. The summed E-state index contributed by atoms with van der Waals surface area (Å²) in [6.07, 6.45) is 6.55. The summed E-state index contributed by atoms with van der Waals surface area (Å²) >= 11 is 6.24. The van der Waals surface area contributed by atoms with Crippen LogP contribution in [0.5, 0.6) is 11.5 Å². The summed E-state index contributed by atoms with van der Waals surface area (Å²) < 4.78 is 13.8. The highest BCUT2D eigenvalue weighted by molar-refractivity contribution is 6.31. The van der Waals surface area contributed by atoms with E-state index in [-0.39, 0.29) is 11.8 Å². The minimum Gasteiger partial charge on any atom is -0.493 e. The molecule has 35 heavy (non-hydrogen) atoms. The van der Waals surface area contributed by atoms with Gasteiger partial charge < -0.3 is 18.9 Å². The lowest BCUT2D eigenvalue weighted by molar-refractivity contribution is 0.0702. The molecular weight excluding hydrogens is 464 g/mol. The number of halogens is 1. The second-order valence-electron chi connectivity index (χ2n) is 9.27. The van der Waals surface area contributed by atoms with Gasteiger partial charge in [-0.2, -0.15) is 0 Å². The first-order valence-corrected chi connectivity index (χ1v) is 12.8. The Labute approximate surface area is 211 Å². The average molecular weight is 495 g/mol. The van der Waals surface area contributed by atoms with Gasteiger partial charge in [-0.15, -0.1) is 10.2 Å². The topological polar surface area (TPSA) is 69.5 Å². The number of ether oxygens (including phenoxy) is 2. The molecule has 0 aliphatic carbocycles. The summed E-state index contributed by atoms with van der Waals surface area (Å²) in [4.78, 5) is 15.4. The number of likely N-dealkylation sites (tertiary alicyclic amines) is 1. The van der Waals surface area contributed by atoms with Gasteiger partial charge in [-0.3, -0.25) is 4.79 Å². The Bertz CT molecular complexity index is 1190. The van der Waals surface area contributed by atoms with Crippen molar-refractivity contribution in [2.24, 2.45) is 0 Å². The van der Waals surface area contributed by atoms with Gasteiger partial charge in [-0.25, -0.2) is 0 Å². The zero-order valence-electron chi connectivity index (χ0n) is 20.1. The van der Waals surface area contributed by atoms with E-state index in [1.54, 1.807) is 25.3 Å². The van der Waals surface area contributed by atoms with Crippen LogP contribution in [0.2, 0.25) is 5.02 Å². The van der Waals surface area contributed by atoms with Gasteiger partial charge in [0.15, 0.2) is 11.5 Å². The number of carbonyl (C=O) groups excluding carboxylic acids is 1. The van der Waals surface area contributed by atoms with Crippen LogP contribution < -0.4 is 9.47 Å². The molecule has 0 radical (unpaired) electrons. The zero-order chi connectivity index (χ0) is 24.2. The van der Waals surface area contributed by atoms with Gasteiger partial charge in [0.1, 0.15) is 18.3 Å². The third-order valence-corrected chi connectivity index (χ3v) is 7.33. The molecule has 8 heteroatoms. The number of hydrogen-bond acceptors (Lipinski definition) is 5. The molecular formula is C27H31ClN4O3. The molecule has 1 aromatic heterocycles. The second-order valence-corrected chi connectivity index (χ2v) is 9.68. The highest BCUT2D eigenvalue weighted by Gasteiger charge is 2.30. The molecule has 1 amide bonds. The first kappa shape index (κ1) is 23.7. The molecule has 1 saturated heterocycles. The SMILES string of the molecule is COc1cc(C(=O)N2CCCC(c3nnc4n3CCCCC4)C2)ccc1OCc1ccccc1Cl. The second kappa shape index (κ2) is 10.7. The molecule has 7 nitrogen and oxygen atoms in total. The van der Waals surface area contributed by atoms with Crippen molar-refractivity contribution in [1.29, 1.82) is 0 Å². The lowest BCUT2D eigenvalue weighted by atomic mass is 9.96. The van der Waals surface area contributed by atoms with Gasteiger partial charge in [-0.1, -0.05) is 36.2 Å². The Balaban J connectivity index is 1.29. The first-order chi connectivity index (χ1) is 17.1. The smallest absolute Gasteiger partial charge is 0.254 e. The predicted molar refractivity (Wildman–Crippen MR) is 134 cm³/mol.